The Bertz CT molecular complexity index is 374. The van der Waals surface area contributed by atoms with Crippen LogP contribution in [0, 0.1) is 0 Å². The highest BCUT2D eigenvalue weighted by Gasteiger charge is 2.74. The first kappa shape index (κ1) is 17.6. The Balaban J connectivity index is 5.30. The summed E-state index contributed by atoms with van der Waals surface area (Å²) in [6, 6.07) is 0. The summed E-state index contributed by atoms with van der Waals surface area (Å²) >= 11 is 0. The topological polar surface area (TPSA) is 37.3 Å². The van der Waals surface area contributed by atoms with Gasteiger partial charge in [-0.15, -0.1) is 0 Å². The Labute approximate surface area is 101 Å². The summed E-state index contributed by atoms with van der Waals surface area (Å²) in [5.41, 5.74) is -0.809. The zero-order valence-corrected chi connectivity index (χ0v) is 9.24. The highest BCUT2D eigenvalue weighted by molar-refractivity contribution is 5.85. The number of aliphatic carboxylic acids is 1. The quantitative estimate of drug-likeness (QED) is 0.601. The monoisotopic (exact) mass is 300 g/mol. The van der Waals surface area contributed by atoms with E-state index in [1.165, 1.54) is 0 Å². The van der Waals surface area contributed by atoms with E-state index < -0.39 is 42.2 Å². The normalized spacial score (nSPS) is 14.9. The fraction of sp³-hybridized carbons (Fsp3) is 0.667. The summed E-state index contributed by atoms with van der Waals surface area (Å²) in [5.74, 6) is -19.8. The van der Waals surface area contributed by atoms with E-state index in [0.717, 1.165) is 6.92 Å². The van der Waals surface area contributed by atoms with Gasteiger partial charge in [0.25, 0.3) is 0 Å². The molecule has 2 nitrogen and oxygen atoms in total. The minimum atomic E-state index is -6.32. The number of carbonyl (C=O) groups is 1. The van der Waals surface area contributed by atoms with E-state index in [1.807, 2.05) is 0 Å². The predicted octanol–water partition coefficient (Wildman–Crippen LogP) is 3.58. The van der Waals surface area contributed by atoms with Crippen LogP contribution in [0.4, 0.5) is 35.1 Å². The van der Waals surface area contributed by atoms with Gasteiger partial charge in [-0.3, -0.25) is 0 Å². The van der Waals surface area contributed by atoms with Crippen molar-refractivity contribution in [2.24, 2.45) is 0 Å². The van der Waals surface area contributed by atoms with Crippen molar-refractivity contribution < 1.29 is 45.0 Å². The molecular weight excluding hydrogens is 292 g/mol. The van der Waals surface area contributed by atoms with E-state index >= 15 is 0 Å². The van der Waals surface area contributed by atoms with Gasteiger partial charge in [0.15, 0.2) is 0 Å². The van der Waals surface area contributed by atoms with Crippen LogP contribution in [0.1, 0.15) is 13.3 Å². The largest absolute Gasteiger partial charge is 0.478 e. The zero-order chi connectivity index (χ0) is 15.6. The van der Waals surface area contributed by atoms with Gasteiger partial charge >= 0.3 is 30.2 Å². The van der Waals surface area contributed by atoms with Crippen LogP contribution >= 0.6 is 0 Å². The molecule has 0 heterocycles. The SMILES string of the molecule is CC(=CCC(F)(F)C(F)(F)C(F)(F)C(F)F)C(=O)O. The molecular formula is C9H8F8O2. The van der Waals surface area contributed by atoms with E-state index in [-0.39, 0.29) is 6.08 Å². The minimum Gasteiger partial charge on any atom is -0.478 e. The Morgan fingerprint density at radius 1 is 1.16 bits per heavy atom. The van der Waals surface area contributed by atoms with E-state index in [4.69, 9.17) is 5.11 Å². The molecule has 0 bridgehead atoms. The Hall–Kier alpha value is -1.35. The van der Waals surface area contributed by atoms with Crippen LogP contribution in [0.3, 0.4) is 0 Å². The van der Waals surface area contributed by atoms with Gasteiger partial charge in [-0.05, 0) is 6.92 Å². The van der Waals surface area contributed by atoms with Gasteiger partial charge in [-0.2, -0.15) is 26.3 Å². The number of hydrogen-bond donors (Lipinski definition) is 1. The van der Waals surface area contributed by atoms with Crippen LogP contribution in [0.25, 0.3) is 0 Å². The molecule has 0 aromatic rings. The Morgan fingerprint density at radius 3 is 1.89 bits per heavy atom. The average molecular weight is 300 g/mol. The van der Waals surface area contributed by atoms with Crippen LogP contribution in [0.2, 0.25) is 0 Å². The lowest BCUT2D eigenvalue weighted by Crippen LogP contribution is -2.57. The van der Waals surface area contributed by atoms with Gasteiger partial charge in [0.2, 0.25) is 0 Å². The number of carboxylic acids is 1. The standard InChI is InChI=1S/C9H8F8O2/c1-4(5(18)19)2-3-7(12,13)9(16,17)8(14,15)6(10)11/h2,6H,3H2,1H3,(H,18,19). The van der Waals surface area contributed by atoms with Crippen molar-refractivity contribution in [3.05, 3.63) is 11.6 Å². The van der Waals surface area contributed by atoms with Crippen molar-refractivity contribution in [1.82, 2.24) is 0 Å². The van der Waals surface area contributed by atoms with Crippen molar-refractivity contribution in [2.45, 2.75) is 37.5 Å². The van der Waals surface area contributed by atoms with Crippen molar-refractivity contribution in [1.29, 1.82) is 0 Å². The van der Waals surface area contributed by atoms with Crippen LogP contribution in [-0.2, 0) is 4.79 Å². The van der Waals surface area contributed by atoms with Crippen LogP contribution < -0.4 is 0 Å². The molecule has 0 unspecified atom stereocenters. The van der Waals surface area contributed by atoms with Crippen molar-refractivity contribution >= 4 is 5.97 Å². The second kappa shape index (κ2) is 5.33. The summed E-state index contributed by atoms with van der Waals surface area (Å²) in [7, 11) is 0. The zero-order valence-electron chi connectivity index (χ0n) is 9.24. The summed E-state index contributed by atoms with van der Waals surface area (Å²) < 4.78 is 99.4. The highest BCUT2D eigenvalue weighted by Crippen LogP contribution is 2.50. The lowest BCUT2D eigenvalue weighted by molar-refractivity contribution is -0.337. The molecule has 0 spiro atoms. The molecule has 0 aliphatic heterocycles. The van der Waals surface area contributed by atoms with Crippen molar-refractivity contribution in [2.75, 3.05) is 0 Å². The molecule has 0 radical (unpaired) electrons. The lowest BCUT2D eigenvalue weighted by atomic mass is 10.0. The maximum atomic E-state index is 12.9. The van der Waals surface area contributed by atoms with Gasteiger partial charge < -0.3 is 5.11 Å². The Morgan fingerprint density at radius 2 is 1.58 bits per heavy atom. The molecule has 0 aromatic carbocycles. The van der Waals surface area contributed by atoms with Gasteiger partial charge in [-0.25, -0.2) is 13.6 Å². The summed E-state index contributed by atoms with van der Waals surface area (Å²) in [4.78, 5) is 10.2. The number of rotatable bonds is 6. The lowest BCUT2D eigenvalue weighted by Gasteiger charge is -2.31. The molecule has 10 heteroatoms. The minimum absolute atomic E-state index is 0.0534. The number of halogens is 8. The molecule has 0 saturated carbocycles. The maximum Gasteiger partial charge on any atom is 0.378 e. The van der Waals surface area contributed by atoms with E-state index in [2.05, 4.69) is 0 Å². The number of carboxylic acid groups (broad SMARTS) is 1. The van der Waals surface area contributed by atoms with Gasteiger partial charge in [0.05, 0.1) is 0 Å². The fourth-order valence-corrected chi connectivity index (χ4v) is 0.878. The summed E-state index contributed by atoms with van der Waals surface area (Å²) in [6.07, 6.45) is -7.05. The molecule has 0 aliphatic carbocycles. The van der Waals surface area contributed by atoms with E-state index in [0.29, 0.717) is 0 Å². The van der Waals surface area contributed by atoms with Crippen LogP contribution in [0.5, 0.6) is 0 Å². The first-order valence-corrected chi connectivity index (χ1v) is 4.59. The molecule has 0 rings (SSSR count). The average Bonchev–Trinajstić information content (AvgIpc) is 2.24. The Kier molecular flexibility index (Phi) is 4.96. The molecule has 0 aliphatic rings. The van der Waals surface area contributed by atoms with Crippen LogP contribution in [-0.4, -0.2) is 35.3 Å². The highest BCUT2D eigenvalue weighted by atomic mass is 19.4. The third-order valence-corrected chi connectivity index (χ3v) is 2.15. The molecule has 0 atom stereocenters. The van der Waals surface area contributed by atoms with E-state index in [1.54, 1.807) is 0 Å². The van der Waals surface area contributed by atoms with Gasteiger partial charge in [0, 0.05) is 12.0 Å². The van der Waals surface area contributed by atoms with Crippen molar-refractivity contribution in [3.63, 3.8) is 0 Å². The number of hydrogen-bond acceptors (Lipinski definition) is 1. The first-order valence-electron chi connectivity index (χ1n) is 4.59. The van der Waals surface area contributed by atoms with Gasteiger partial charge in [-0.1, -0.05) is 6.08 Å². The predicted molar refractivity (Wildman–Crippen MR) is 46.9 cm³/mol. The molecule has 1 N–H and O–H groups in total. The van der Waals surface area contributed by atoms with Crippen LogP contribution in [0.15, 0.2) is 11.6 Å². The third kappa shape index (κ3) is 3.35. The summed E-state index contributed by atoms with van der Waals surface area (Å²) in [6.45, 7) is 0.752. The van der Waals surface area contributed by atoms with E-state index in [9.17, 15) is 39.9 Å². The fourth-order valence-electron chi connectivity index (χ4n) is 0.878. The summed E-state index contributed by atoms with van der Waals surface area (Å²) in [5, 5.41) is 8.26. The second-order valence-electron chi connectivity index (χ2n) is 3.60. The van der Waals surface area contributed by atoms with Crippen molar-refractivity contribution in [3.8, 4) is 0 Å². The number of allylic oxidation sites excluding steroid dienone is 1. The smallest absolute Gasteiger partial charge is 0.378 e. The number of alkyl halides is 8. The molecule has 112 valence electrons. The maximum absolute atomic E-state index is 12.9. The molecule has 0 saturated heterocycles. The molecule has 0 aromatic heterocycles. The first-order chi connectivity index (χ1) is 8.27. The molecule has 19 heavy (non-hydrogen) atoms. The molecule has 0 fully saturated rings. The molecule has 0 amide bonds. The second-order valence-corrected chi connectivity index (χ2v) is 3.60. The van der Waals surface area contributed by atoms with Gasteiger partial charge in [0.1, 0.15) is 0 Å². The third-order valence-electron chi connectivity index (χ3n) is 2.15.